The molecule has 2 aromatic carbocycles. The summed E-state index contributed by atoms with van der Waals surface area (Å²) in [5, 5.41) is 12.2. The Hall–Kier alpha value is -2.10. The standard InChI is InChI=1S/C23H23ClF3NO4S/c1-11-5-13-7-15(10-16(11)23(13,2)30)33(31,32)20-6-12(3-4-17(20)24)22(29)28-14-8-18(25)21(27)19(26)9-14/h3-4,6,8-9,11,13,15-16,30H,5,7,10H2,1-2H3,(H,28,29)/t11-,13?,15?,16?,23-/m0/s1. The number of rotatable bonds is 4. The van der Waals surface area contributed by atoms with E-state index in [1.165, 1.54) is 12.1 Å². The molecule has 33 heavy (non-hydrogen) atoms. The van der Waals surface area contributed by atoms with Gasteiger partial charge in [-0.05, 0) is 62.1 Å². The van der Waals surface area contributed by atoms with Crippen molar-refractivity contribution < 1.29 is 31.5 Å². The second-order valence-corrected chi connectivity index (χ2v) is 11.8. The Morgan fingerprint density at radius 1 is 1.12 bits per heavy atom. The fraction of sp³-hybridized carbons (Fsp3) is 0.435. The molecule has 4 rings (SSSR count). The van der Waals surface area contributed by atoms with Crippen molar-refractivity contribution in [2.75, 3.05) is 5.32 Å². The minimum absolute atomic E-state index is 0.0526. The number of carbonyl (C=O) groups excluding carboxylic acids is 1. The first-order valence-corrected chi connectivity index (χ1v) is 12.5. The number of aliphatic hydroxyl groups is 1. The van der Waals surface area contributed by atoms with Crippen molar-refractivity contribution in [2.45, 2.75) is 48.9 Å². The van der Waals surface area contributed by atoms with Crippen LogP contribution in [0.25, 0.3) is 0 Å². The molecule has 5 atom stereocenters. The molecule has 0 saturated heterocycles. The Morgan fingerprint density at radius 2 is 1.76 bits per heavy atom. The van der Waals surface area contributed by atoms with Gasteiger partial charge in [0.05, 0.1) is 20.8 Å². The molecule has 2 N–H and O–H groups in total. The number of hydrogen-bond donors (Lipinski definition) is 2. The van der Waals surface area contributed by atoms with Crippen LogP contribution in [-0.2, 0) is 9.84 Å². The van der Waals surface area contributed by atoms with Gasteiger partial charge < -0.3 is 10.4 Å². The molecule has 2 aromatic rings. The van der Waals surface area contributed by atoms with E-state index >= 15 is 0 Å². The first-order chi connectivity index (χ1) is 15.3. The van der Waals surface area contributed by atoms with E-state index in [0.29, 0.717) is 12.1 Å². The van der Waals surface area contributed by atoms with Crippen molar-refractivity contribution in [3.63, 3.8) is 0 Å². The maximum absolute atomic E-state index is 13.5. The highest BCUT2D eigenvalue weighted by Crippen LogP contribution is 2.54. The molecule has 2 aliphatic rings. The van der Waals surface area contributed by atoms with Crippen LogP contribution < -0.4 is 5.32 Å². The number of hydrogen-bond acceptors (Lipinski definition) is 4. The van der Waals surface area contributed by atoms with Crippen LogP contribution in [0, 0.1) is 35.2 Å². The van der Waals surface area contributed by atoms with Crippen LogP contribution >= 0.6 is 11.6 Å². The number of anilines is 1. The molecule has 178 valence electrons. The maximum atomic E-state index is 13.5. The average molecular weight is 502 g/mol. The Morgan fingerprint density at radius 3 is 2.36 bits per heavy atom. The summed E-state index contributed by atoms with van der Waals surface area (Å²) in [4.78, 5) is 12.4. The summed E-state index contributed by atoms with van der Waals surface area (Å²) in [6.45, 7) is 3.76. The monoisotopic (exact) mass is 501 g/mol. The lowest BCUT2D eigenvalue weighted by Crippen LogP contribution is -2.46. The third-order valence-electron chi connectivity index (χ3n) is 7.17. The normalized spacial score (nSPS) is 29.2. The lowest BCUT2D eigenvalue weighted by Gasteiger charge is -2.40. The molecule has 5 nitrogen and oxygen atoms in total. The van der Waals surface area contributed by atoms with Crippen molar-refractivity contribution in [3.05, 3.63) is 58.4 Å². The number of benzene rings is 2. The van der Waals surface area contributed by atoms with E-state index < -0.39 is 44.0 Å². The summed E-state index contributed by atoms with van der Waals surface area (Å²) >= 11 is 6.20. The lowest BCUT2D eigenvalue weighted by molar-refractivity contribution is -0.0466. The molecule has 0 radical (unpaired) electrons. The van der Waals surface area contributed by atoms with Gasteiger partial charge >= 0.3 is 0 Å². The van der Waals surface area contributed by atoms with Gasteiger partial charge in [0, 0.05) is 23.4 Å². The van der Waals surface area contributed by atoms with E-state index in [0.717, 1.165) is 12.5 Å². The Bertz CT molecular complexity index is 1210. The Balaban J connectivity index is 1.61. The fourth-order valence-electron chi connectivity index (χ4n) is 5.36. The highest BCUT2D eigenvalue weighted by molar-refractivity contribution is 7.92. The molecule has 0 aliphatic heterocycles. The van der Waals surface area contributed by atoms with Gasteiger partial charge in [-0.1, -0.05) is 18.5 Å². The van der Waals surface area contributed by atoms with E-state index in [9.17, 15) is 31.5 Å². The van der Waals surface area contributed by atoms with Gasteiger partial charge in [0.15, 0.2) is 27.3 Å². The predicted octanol–water partition coefficient (Wildman–Crippen LogP) is 4.97. The molecular weight excluding hydrogens is 479 g/mol. The van der Waals surface area contributed by atoms with Crippen LogP contribution in [0.15, 0.2) is 35.2 Å². The van der Waals surface area contributed by atoms with Crippen molar-refractivity contribution in [2.24, 2.45) is 17.8 Å². The van der Waals surface area contributed by atoms with Crippen LogP contribution in [0.4, 0.5) is 18.9 Å². The molecule has 3 unspecified atom stereocenters. The second kappa shape index (κ2) is 8.29. The zero-order chi connectivity index (χ0) is 24.3. The fourth-order valence-corrected chi connectivity index (χ4v) is 7.74. The number of sulfone groups is 1. The molecule has 2 aliphatic carbocycles. The molecule has 0 heterocycles. The van der Waals surface area contributed by atoms with E-state index in [1.807, 2.05) is 6.92 Å². The minimum Gasteiger partial charge on any atom is -0.390 e. The van der Waals surface area contributed by atoms with Crippen LogP contribution in [-0.4, -0.2) is 30.3 Å². The Kier molecular flexibility index (Phi) is 6.04. The lowest BCUT2D eigenvalue weighted by atomic mass is 9.74. The van der Waals surface area contributed by atoms with Crippen LogP contribution in [0.3, 0.4) is 0 Å². The first kappa shape index (κ1) is 24.0. The first-order valence-electron chi connectivity index (χ1n) is 10.5. The molecule has 2 bridgehead atoms. The van der Waals surface area contributed by atoms with Crippen LogP contribution in [0.1, 0.15) is 43.5 Å². The van der Waals surface area contributed by atoms with Crippen molar-refractivity contribution in [3.8, 4) is 0 Å². The summed E-state index contributed by atoms with van der Waals surface area (Å²) in [5.74, 6) is -5.57. The van der Waals surface area contributed by atoms with Gasteiger partial charge in [-0.2, -0.15) is 0 Å². The number of nitrogens with one attached hydrogen (secondary N) is 1. The summed E-state index contributed by atoms with van der Waals surface area (Å²) in [6, 6.07) is 4.92. The minimum atomic E-state index is -3.93. The maximum Gasteiger partial charge on any atom is 0.255 e. The molecule has 10 heteroatoms. The highest BCUT2D eigenvalue weighted by atomic mass is 35.5. The molecular formula is C23H23ClF3NO4S. The zero-order valence-corrected chi connectivity index (χ0v) is 19.5. The zero-order valence-electron chi connectivity index (χ0n) is 17.9. The van der Waals surface area contributed by atoms with Crippen LogP contribution in [0.5, 0.6) is 0 Å². The number of halogens is 4. The number of fused-ring (bicyclic) bond motifs is 2. The van der Waals surface area contributed by atoms with E-state index in [4.69, 9.17) is 11.6 Å². The Labute approximate surface area is 194 Å². The van der Waals surface area contributed by atoms with Gasteiger partial charge in [0.1, 0.15) is 0 Å². The van der Waals surface area contributed by atoms with Gasteiger partial charge in [-0.25, -0.2) is 21.6 Å². The topological polar surface area (TPSA) is 83.5 Å². The predicted molar refractivity (Wildman–Crippen MR) is 117 cm³/mol. The van der Waals surface area contributed by atoms with Gasteiger partial charge in [0.25, 0.3) is 5.91 Å². The molecule has 1 amide bonds. The van der Waals surface area contributed by atoms with Gasteiger partial charge in [0.2, 0.25) is 0 Å². The van der Waals surface area contributed by atoms with Gasteiger partial charge in [-0.3, -0.25) is 4.79 Å². The van der Waals surface area contributed by atoms with E-state index in [2.05, 4.69) is 5.32 Å². The summed E-state index contributed by atoms with van der Waals surface area (Å²) in [7, 11) is -3.93. The summed E-state index contributed by atoms with van der Waals surface area (Å²) in [6.07, 6.45) is 1.32. The number of amides is 1. The van der Waals surface area contributed by atoms with Crippen molar-refractivity contribution >= 4 is 33.0 Å². The largest absolute Gasteiger partial charge is 0.390 e. The summed E-state index contributed by atoms with van der Waals surface area (Å²) in [5.41, 5.74) is -1.34. The average Bonchev–Trinajstić information content (AvgIpc) is 2.85. The second-order valence-electron chi connectivity index (χ2n) is 9.23. The quantitative estimate of drug-likeness (QED) is 0.579. The summed E-state index contributed by atoms with van der Waals surface area (Å²) < 4.78 is 67.0. The van der Waals surface area contributed by atoms with Gasteiger partial charge in [-0.15, -0.1) is 0 Å². The SMILES string of the molecule is C[C@H]1CC2CC(S(=O)(=O)c3cc(C(=O)Nc4cc(F)c(F)c(F)c4)ccc3Cl)CC1[C@@]2(C)O. The van der Waals surface area contributed by atoms with Crippen LogP contribution in [0.2, 0.25) is 5.02 Å². The highest BCUT2D eigenvalue weighted by Gasteiger charge is 2.56. The third kappa shape index (κ3) is 4.15. The molecule has 0 aromatic heterocycles. The smallest absolute Gasteiger partial charge is 0.255 e. The van der Waals surface area contributed by atoms with Crippen molar-refractivity contribution in [1.29, 1.82) is 0 Å². The van der Waals surface area contributed by atoms with E-state index in [-0.39, 0.29) is 51.8 Å². The van der Waals surface area contributed by atoms with Crippen molar-refractivity contribution in [1.82, 2.24) is 0 Å². The molecule has 2 saturated carbocycles. The number of carbonyl (C=O) groups is 1. The third-order valence-corrected chi connectivity index (χ3v) is 9.82. The van der Waals surface area contributed by atoms with E-state index in [1.54, 1.807) is 6.92 Å². The molecule has 0 spiro atoms. The molecule has 2 fully saturated rings.